The fraction of sp³-hybridized carbons (Fsp3) is 0.391. The van der Waals surface area contributed by atoms with E-state index in [1.807, 2.05) is 0 Å². The van der Waals surface area contributed by atoms with E-state index < -0.39 is 0 Å². The summed E-state index contributed by atoms with van der Waals surface area (Å²) in [6.45, 7) is 40.3. The maximum absolute atomic E-state index is 2.72. The van der Waals surface area contributed by atoms with Gasteiger partial charge in [-0.1, -0.05) is 171 Å². The number of hydrogen-bond donors (Lipinski definition) is 0. The van der Waals surface area contributed by atoms with Gasteiger partial charge in [0.05, 0.1) is 0 Å². The van der Waals surface area contributed by atoms with Gasteiger partial charge in [0.25, 0.3) is 6.71 Å². The largest absolute Gasteiger partial charge is 0.311 e. The van der Waals surface area contributed by atoms with Crippen LogP contribution >= 0.6 is 0 Å². The molecule has 0 fully saturated rings. The first kappa shape index (κ1) is 49.2. The van der Waals surface area contributed by atoms with Crippen molar-refractivity contribution in [3.8, 4) is 0 Å². The Morgan fingerprint density at radius 2 is 0.863 bits per heavy atom. The van der Waals surface area contributed by atoms with Crippen LogP contribution in [0.25, 0.3) is 0 Å². The summed E-state index contributed by atoms with van der Waals surface area (Å²) in [5, 5.41) is 0. The minimum atomic E-state index is -0.214. The molecule has 4 heteroatoms. The summed E-state index contributed by atoms with van der Waals surface area (Å²) in [5.74, 6) is 0. The summed E-state index contributed by atoms with van der Waals surface area (Å²) < 4.78 is 0. The van der Waals surface area contributed by atoms with Crippen molar-refractivity contribution in [3.05, 3.63) is 177 Å². The summed E-state index contributed by atoms with van der Waals surface area (Å²) >= 11 is 0. The molecule has 0 unspecified atom stereocenters. The van der Waals surface area contributed by atoms with Gasteiger partial charge in [-0.3, -0.25) is 0 Å². The van der Waals surface area contributed by atoms with Crippen molar-refractivity contribution in [1.29, 1.82) is 0 Å². The minimum absolute atomic E-state index is 0.0281. The van der Waals surface area contributed by atoms with Crippen LogP contribution in [0.3, 0.4) is 0 Å². The summed E-state index contributed by atoms with van der Waals surface area (Å²) in [5.41, 5.74) is 28.3. The van der Waals surface area contributed by atoms with Crippen LogP contribution in [0.15, 0.2) is 127 Å². The number of nitrogens with zero attached hydrogens (tertiary/aromatic N) is 3. The van der Waals surface area contributed by atoms with Crippen LogP contribution in [0.1, 0.15) is 161 Å². The Kier molecular flexibility index (Phi) is 11.1. The fourth-order valence-electron chi connectivity index (χ4n) is 13.1. The predicted octanol–water partition coefficient (Wildman–Crippen LogP) is 17.0. The van der Waals surface area contributed by atoms with Crippen LogP contribution in [0, 0.1) is 17.8 Å². The molecule has 11 rings (SSSR count). The van der Waals surface area contributed by atoms with E-state index in [9.17, 15) is 0 Å². The van der Waals surface area contributed by atoms with E-state index >= 15 is 0 Å². The SMILES string of the molecule is Cc1cc2c3c(c1)N(c1cccc4c1CC(C)(C)C4)c1cc(C(C)(C)C)c(N(c4ccc(C(C)(C)C)cc4)c4ccc(C(C)(C)C)cc4)cc1B3c1ccc(C(C)(C)C)cc1N2c1cccc2c1CC(C)(C)C2. The fourth-order valence-corrected chi connectivity index (χ4v) is 13.1. The second kappa shape index (κ2) is 16.5. The normalized spacial score (nSPS) is 16.5. The zero-order chi connectivity index (χ0) is 52.1. The highest BCUT2D eigenvalue weighted by atomic mass is 15.2. The van der Waals surface area contributed by atoms with Gasteiger partial charge in [0.15, 0.2) is 0 Å². The van der Waals surface area contributed by atoms with Crippen LogP contribution < -0.4 is 31.1 Å². The van der Waals surface area contributed by atoms with Crippen molar-refractivity contribution < 1.29 is 0 Å². The first-order valence-electron chi connectivity index (χ1n) is 27.4. The van der Waals surface area contributed by atoms with Crippen molar-refractivity contribution in [3.63, 3.8) is 0 Å². The van der Waals surface area contributed by atoms with E-state index in [1.165, 1.54) is 118 Å². The highest BCUT2D eigenvalue weighted by Gasteiger charge is 2.47. The maximum atomic E-state index is 2.72. The van der Waals surface area contributed by atoms with E-state index in [0.29, 0.717) is 0 Å². The lowest BCUT2D eigenvalue weighted by Crippen LogP contribution is -2.61. The molecule has 2 aliphatic heterocycles. The van der Waals surface area contributed by atoms with Gasteiger partial charge in [-0.05, 0) is 198 Å². The third kappa shape index (κ3) is 8.44. The van der Waals surface area contributed by atoms with Crippen LogP contribution in [-0.2, 0) is 47.3 Å². The molecule has 73 heavy (non-hydrogen) atoms. The van der Waals surface area contributed by atoms with Gasteiger partial charge < -0.3 is 14.7 Å². The molecule has 0 amide bonds. The van der Waals surface area contributed by atoms with Crippen LogP contribution in [-0.4, -0.2) is 6.71 Å². The number of hydrogen-bond acceptors (Lipinski definition) is 3. The average Bonchev–Trinajstić information content (AvgIpc) is 3.80. The highest BCUT2D eigenvalue weighted by molar-refractivity contribution is 7.00. The molecular formula is C69H80BN3. The molecular weight excluding hydrogens is 882 g/mol. The van der Waals surface area contributed by atoms with E-state index in [4.69, 9.17) is 0 Å². The Morgan fingerprint density at radius 3 is 1.30 bits per heavy atom. The molecule has 0 atom stereocenters. The number of rotatable bonds is 5. The number of fused-ring (bicyclic) bond motifs is 6. The Bertz CT molecular complexity index is 3270. The van der Waals surface area contributed by atoms with Crippen LogP contribution in [0.4, 0.5) is 51.2 Å². The molecule has 7 aromatic carbocycles. The van der Waals surface area contributed by atoms with Crippen LogP contribution in [0.5, 0.6) is 0 Å². The molecule has 2 heterocycles. The Labute approximate surface area is 440 Å². The van der Waals surface area contributed by atoms with E-state index in [-0.39, 0.29) is 39.2 Å². The van der Waals surface area contributed by atoms with Gasteiger partial charge in [-0.15, -0.1) is 0 Å². The topological polar surface area (TPSA) is 9.72 Å². The maximum Gasteiger partial charge on any atom is 0.252 e. The first-order chi connectivity index (χ1) is 34.1. The van der Waals surface area contributed by atoms with E-state index in [2.05, 4.69) is 260 Å². The summed E-state index contributed by atoms with van der Waals surface area (Å²) in [7, 11) is 0. The second-order valence-electron chi connectivity index (χ2n) is 28.3. The first-order valence-corrected chi connectivity index (χ1v) is 27.4. The van der Waals surface area contributed by atoms with E-state index in [0.717, 1.165) is 25.7 Å². The predicted molar refractivity (Wildman–Crippen MR) is 317 cm³/mol. The lowest BCUT2D eigenvalue weighted by atomic mass is 9.33. The number of benzene rings is 7. The minimum Gasteiger partial charge on any atom is -0.311 e. The lowest BCUT2D eigenvalue weighted by molar-refractivity contribution is 0.392. The molecule has 0 saturated heterocycles. The monoisotopic (exact) mass is 962 g/mol. The molecule has 0 bridgehead atoms. The van der Waals surface area contributed by atoms with Gasteiger partial charge in [0, 0.05) is 51.2 Å². The Balaban J connectivity index is 1.26. The molecule has 0 aromatic heterocycles. The summed E-state index contributed by atoms with van der Waals surface area (Å²) in [6, 6.07) is 51.0. The van der Waals surface area contributed by atoms with Crippen LogP contribution in [0.2, 0.25) is 0 Å². The second-order valence-corrected chi connectivity index (χ2v) is 28.3. The van der Waals surface area contributed by atoms with Gasteiger partial charge in [0.2, 0.25) is 0 Å². The zero-order valence-electron chi connectivity index (χ0n) is 47.4. The van der Waals surface area contributed by atoms with Crippen molar-refractivity contribution in [2.75, 3.05) is 14.7 Å². The van der Waals surface area contributed by atoms with Gasteiger partial charge >= 0.3 is 0 Å². The molecule has 2 aliphatic carbocycles. The standard InChI is InChI=1S/C69H80BN3/c1-43-34-61-63-62(35-43)73(57-23-19-21-45-40-69(16,17)42-52(45)57)60-37-53(67(11,12)13)58(71(49-29-24-46(25-30-49)64(2,3)4)50-31-26-47(27-32-50)65(5,6)7)38-55(60)70(63)54-33-28-48(66(8,9)10)36-59(54)72(61)56-22-18-20-44-39-68(14,15)41-51(44)56/h18-38H,39-42H2,1-17H3. The molecule has 374 valence electrons. The van der Waals surface area contributed by atoms with Gasteiger partial charge in [0.1, 0.15) is 0 Å². The molecule has 3 nitrogen and oxygen atoms in total. The van der Waals surface area contributed by atoms with Crippen molar-refractivity contribution >= 4 is 74.3 Å². The van der Waals surface area contributed by atoms with E-state index in [1.54, 1.807) is 0 Å². The summed E-state index contributed by atoms with van der Waals surface area (Å²) in [4.78, 5) is 8.01. The van der Waals surface area contributed by atoms with Gasteiger partial charge in [-0.25, -0.2) is 0 Å². The third-order valence-electron chi connectivity index (χ3n) is 16.9. The number of anilines is 9. The number of aryl methyl sites for hydroxylation is 1. The summed E-state index contributed by atoms with van der Waals surface area (Å²) in [6.07, 6.45) is 4.29. The van der Waals surface area contributed by atoms with Crippen molar-refractivity contribution in [1.82, 2.24) is 0 Å². The zero-order valence-corrected chi connectivity index (χ0v) is 47.4. The third-order valence-corrected chi connectivity index (χ3v) is 16.9. The molecule has 0 radical (unpaired) electrons. The molecule has 0 N–H and O–H groups in total. The Hall–Kier alpha value is -6.00. The Morgan fingerprint density at radius 1 is 0.425 bits per heavy atom. The molecule has 7 aromatic rings. The van der Waals surface area contributed by atoms with Gasteiger partial charge in [-0.2, -0.15) is 0 Å². The average molecular weight is 962 g/mol. The molecule has 0 saturated carbocycles. The smallest absolute Gasteiger partial charge is 0.252 e. The quantitative estimate of drug-likeness (QED) is 0.159. The van der Waals surface area contributed by atoms with Crippen molar-refractivity contribution in [2.45, 2.75) is 165 Å². The molecule has 0 spiro atoms. The molecule has 4 aliphatic rings. The van der Waals surface area contributed by atoms with Crippen molar-refractivity contribution in [2.24, 2.45) is 10.8 Å². The lowest BCUT2D eigenvalue weighted by Gasteiger charge is -2.46. The highest BCUT2D eigenvalue weighted by Crippen LogP contribution is 2.53.